The Morgan fingerprint density at radius 3 is 1.33 bits per heavy atom. The average Bonchev–Trinajstić information content (AvgIpc) is 3.92. The topological polar surface area (TPSA) is 203 Å². The summed E-state index contributed by atoms with van der Waals surface area (Å²) in [5, 5.41) is 32.7. The molecule has 0 bridgehead atoms. The van der Waals surface area contributed by atoms with E-state index in [1.54, 1.807) is 0 Å². The van der Waals surface area contributed by atoms with Crippen molar-refractivity contribution in [1.82, 2.24) is 27.7 Å². The molecular weight excluding hydrogens is 705 g/mol. The standard InChI is InChI=1S/2C18H22N4O3S/c2*19-26(24,25)21-7-5-18(6-8-21)9-14(17(18)23)16-13-4-2-1-3-12(13)15-10-20-11-22(15)16/h2*1-4,10-11,14,16-17,23H,5-9H2,(H2,19,24,25)/t2*14-,16+,17-/m10/s1. The van der Waals surface area contributed by atoms with Crippen LogP contribution in [0.15, 0.2) is 73.6 Å². The molecule has 2 saturated carbocycles. The van der Waals surface area contributed by atoms with Gasteiger partial charge in [-0.15, -0.1) is 0 Å². The summed E-state index contributed by atoms with van der Waals surface area (Å²) >= 11 is 0. The largest absolute Gasteiger partial charge is 0.392 e. The molecule has 0 amide bonds. The van der Waals surface area contributed by atoms with Crippen molar-refractivity contribution in [2.45, 2.75) is 62.8 Å². The van der Waals surface area contributed by atoms with Crippen LogP contribution in [0.2, 0.25) is 0 Å². The van der Waals surface area contributed by atoms with Crippen molar-refractivity contribution in [2.24, 2.45) is 32.9 Å². The Bertz CT molecular complexity index is 2080. The third-order valence-corrected chi connectivity index (χ3v) is 15.5. The Hall–Kier alpha value is -3.48. The van der Waals surface area contributed by atoms with Crippen LogP contribution in [0.1, 0.15) is 61.7 Å². The van der Waals surface area contributed by atoms with Gasteiger partial charge in [0.2, 0.25) is 0 Å². The number of hydrogen-bond donors (Lipinski definition) is 4. The third-order valence-electron chi connectivity index (χ3n) is 13.4. The van der Waals surface area contributed by atoms with E-state index >= 15 is 0 Å². The second-order valence-corrected chi connectivity index (χ2v) is 18.8. The highest BCUT2D eigenvalue weighted by Crippen LogP contribution is 2.61. The zero-order valence-electron chi connectivity index (χ0n) is 28.6. The van der Waals surface area contributed by atoms with Crippen molar-refractivity contribution in [2.75, 3.05) is 26.2 Å². The van der Waals surface area contributed by atoms with Crippen molar-refractivity contribution in [1.29, 1.82) is 0 Å². The lowest BCUT2D eigenvalue weighted by Gasteiger charge is -2.57. The smallest absolute Gasteiger partial charge is 0.276 e. The van der Waals surface area contributed by atoms with Crippen molar-refractivity contribution >= 4 is 20.4 Å². The van der Waals surface area contributed by atoms with Crippen molar-refractivity contribution < 1.29 is 27.0 Å². The quantitative estimate of drug-likeness (QED) is 0.243. The van der Waals surface area contributed by atoms with Gasteiger partial charge in [-0.05, 0) is 60.5 Å². The summed E-state index contributed by atoms with van der Waals surface area (Å²) in [6.07, 6.45) is 11.0. The van der Waals surface area contributed by atoms with Gasteiger partial charge in [0.25, 0.3) is 20.4 Å². The van der Waals surface area contributed by atoms with Crippen molar-refractivity contribution in [3.8, 4) is 22.5 Å². The number of hydrogen-bond acceptors (Lipinski definition) is 8. The molecule has 16 heteroatoms. The van der Waals surface area contributed by atoms with Crippen LogP contribution in [0.3, 0.4) is 0 Å². The van der Waals surface area contributed by atoms with Gasteiger partial charge in [0.05, 0.1) is 60.7 Å². The van der Waals surface area contributed by atoms with E-state index in [4.69, 9.17) is 10.3 Å². The van der Waals surface area contributed by atoms with Gasteiger partial charge in [-0.25, -0.2) is 20.2 Å². The second-order valence-electron chi connectivity index (χ2n) is 15.7. The molecule has 0 radical (unpaired) electrons. The number of aliphatic hydroxyl groups excluding tert-OH is 2. The molecule has 2 aliphatic carbocycles. The minimum atomic E-state index is -3.64. The highest BCUT2D eigenvalue weighted by atomic mass is 32.2. The van der Waals surface area contributed by atoms with E-state index in [2.05, 4.69) is 43.4 Å². The number of aromatic nitrogens is 4. The first-order valence-electron chi connectivity index (χ1n) is 18.0. The molecular formula is C36H44N8O6S2. The number of fused-ring (bicyclic) bond motifs is 6. The van der Waals surface area contributed by atoms with Crippen LogP contribution in [0.5, 0.6) is 0 Å². The number of benzene rings is 2. The summed E-state index contributed by atoms with van der Waals surface area (Å²) in [7, 11) is -7.28. The van der Waals surface area contributed by atoms with Gasteiger partial charge in [-0.2, -0.15) is 25.4 Å². The Morgan fingerprint density at radius 1 is 0.615 bits per heavy atom. The molecule has 6 atom stereocenters. The van der Waals surface area contributed by atoms with E-state index in [0.717, 1.165) is 24.2 Å². The highest BCUT2D eigenvalue weighted by molar-refractivity contribution is 7.87. The van der Waals surface area contributed by atoms with Crippen molar-refractivity contribution in [3.05, 3.63) is 84.7 Å². The van der Waals surface area contributed by atoms with E-state index in [1.165, 1.54) is 30.9 Å². The monoisotopic (exact) mass is 748 g/mol. The number of nitrogens with two attached hydrogens (primary N) is 2. The van der Waals surface area contributed by atoms with Gasteiger partial charge in [-0.3, -0.25) is 0 Å². The van der Waals surface area contributed by atoms with E-state index in [0.29, 0.717) is 51.9 Å². The lowest BCUT2D eigenvalue weighted by atomic mass is 9.53. The van der Waals surface area contributed by atoms with E-state index in [9.17, 15) is 27.0 Å². The highest BCUT2D eigenvalue weighted by Gasteiger charge is 2.59. The Morgan fingerprint density at radius 2 is 0.981 bits per heavy atom. The molecule has 2 aromatic carbocycles. The van der Waals surface area contributed by atoms with Crippen LogP contribution in [0.25, 0.3) is 22.5 Å². The normalized spacial score (nSPS) is 30.0. The van der Waals surface area contributed by atoms with E-state index in [-0.39, 0.29) is 34.7 Å². The predicted octanol–water partition coefficient (Wildman–Crippen LogP) is 2.24. The molecule has 14 nitrogen and oxygen atoms in total. The summed E-state index contributed by atoms with van der Waals surface area (Å²) in [5.74, 6) is 0.236. The zero-order chi connectivity index (χ0) is 36.2. The molecule has 6 aliphatic rings. The lowest BCUT2D eigenvalue weighted by Crippen LogP contribution is -2.60. The van der Waals surface area contributed by atoms with E-state index < -0.39 is 32.6 Å². The first kappa shape index (κ1) is 34.3. The zero-order valence-corrected chi connectivity index (χ0v) is 30.3. The number of imidazole rings is 2. The van der Waals surface area contributed by atoms with Gasteiger partial charge in [0, 0.05) is 49.1 Å². The Balaban J connectivity index is 0.000000138. The fraction of sp³-hybridized carbons (Fsp3) is 0.500. The molecule has 10 rings (SSSR count). The molecule has 6 N–H and O–H groups in total. The van der Waals surface area contributed by atoms with Crippen molar-refractivity contribution in [3.63, 3.8) is 0 Å². The van der Waals surface area contributed by atoms with Gasteiger partial charge in [-0.1, -0.05) is 48.5 Å². The average molecular weight is 749 g/mol. The summed E-state index contributed by atoms with van der Waals surface area (Å²) in [5.41, 5.74) is 6.68. The first-order valence-corrected chi connectivity index (χ1v) is 21.0. The fourth-order valence-corrected chi connectivity index (χ4v) is 11.9. The molecule has 0 unspecified atom stereocenters. The maximum absolute atomic E-state index is 11.5. The molecule has 4 fully saturated rings. The van der Waals surface area contributed by atoms with Crippen LogP contribution in [-0.2, 0) is 20.4 Å². The molecule has 2 saturated heterocycles. The van der Waals surface area contributed by atoms with Crippen LogP contribution < -0.4 is 10.3 Å². The van der Waals surface area contributed by atoms with Crippen LogP contribution in [0.4, 0.5) is 0 Å². The number of rotatable bonds is 4. The Labute approximate surface area is 303 Å². The van der Waals surface area contributed by atoms with Crippen LogP contribution in [0, 0.1) is 22.7 Å². The number of nitrogens with zero attached hydrogens (tertiary/aromatic N) is 6. The molecule has 2 spiro atoms. The molecule has 4 aliphatic heterocycles. The molecule has 276 valence electrons. The lowest BCUT2D eigenvalue weighted by molar-refractivity contribution is -0.152. The van der Waals surface area contributed by atoms with Gasteiger partial charge >= 0.3 is 0 Å². The number of aliphatic hydroxyl groups is 2. The van der Waals surface area contributed by atoms with Crippen LogP contribution in [-0.4, -0.2) is 93.1 Å². The third kappa shape index (κ3) is 5.17. The molecule has 6 heterocycles. The first-order chi connectivity index (χ1) is 24.8. The maximum Gasteiger partial charge on any atom is 0.276 e. The Kier molecular flexibility index (Phi) is 7.92. The van der Waals surface area contributed by atoms with Crippen LogP contribution >= 0.6 is 0 Å². The second kappa shape index (κ2) is 12.0. The van der Waals surface area contributed by atoms with Gasteiger partial charge in [0.1, 0.15) is 0 Å². The SMILES string of the molecule is NS(=O)(=O)N1CCC2(CC1)C[C@@H]([C@H]1c3ccccc3-c3cncn31)[C@@H]2O.NS(=O)(=O)N1CCC2(CC1)C[C@H]([C@@H]1c3ccccc3-c3cncn31)[C@H]2O. The van der Waals surface area contributed by atoms with Gasteiger partial charge in [0.15, 0.2) is 0 Å². The molecule has 2 aromatic heterocycles. The molecule has 52 heavy (non-hydrogen) atoms. The summed E-state index contributed by atoms with van der Waals surface area (Å²) in [6.45, 7) is 1.56. The minimum Gasteiger partial charge on any atom is -0.392 e. The number of piperidine rings is 2. The summed E-state index contributed by atoms with van der Waals surface area (Å²) in [4.78, 5) is 8.59. The van der Waals surface area contributed by atoms with E-state index in [1.807, 2.05) is 49.3 Å². The predicted molar refractivity (Wildman–Crippen MR) is 193 cm³/mol. The molecule has 4 aromatic rings. The summed E-state index contributed by atoms with van der Waals surface area (Å²) in [6, 6.07) is 16.8. The maximum atomic E-state index is 11.5. The fourth-order valence-electron chi connectivity index (χ4n) is 10.6. The summed E-state index contributed by atoms with van der Waals surface area (Å²) < 4.78 is 53.1. The van der Waals surface area contributed by atoms with Gasteiger partial charge < -0.3 is 19.3 Å². The minimum absolute atomic E-state index is 0.0978.